The van der Waals surface area contributed by atoms with Gasteiger partial charge in [-0.15, -0.1) is 11.8 Å². The van der Waals surface area contributed by atoms with E-state index in [0.717, 1.165) is 45.6 Å². The molecule has 1 amide bonds. The van der Waals surface area contributed by atoms with Crippen LogP contribution in [0, 0.1) is 6.92 Å². The zero-order valence-electron chi connectivity index (χ0n) is 15.1. The molecule has 0 bridgehead atoms. The van der Waals surface area contributed by atoms with E-state index in [9.17, 15) is 4.79 Å². The van der Waals surface area contributed by atoms with Crippen molar-refractivity contribution in [1.29, 1.82) is 0 Å². The lowest BCUT2D eigenvalue weighted by atomic mass is 10.2. The Balaban J connectivity index is 1.50. The van der Waals surface area contributed by atoms with Crippen LogP contribution in [0.2, 0.25) is 0 Å². The van der Waals surface area contributed by atoms with Crippen molar-refractivity contribution >= 4 is 35.2 Å². The Kier molecular flexibility index (Phi) is 5.55. The molecule has 1 aliphatic heterocycles. The number of amides is 1. The van der Waals surface area contributed by atoms with E-state index >= 15 is 0 Å². The van der Waals surface area contributed by atoms with Crippen LogP contribution in [0.5, 0.6) is 0 Å². The number of nitrogens with zero attached hydrogens (tertiary/aromatic N) is 2. The molecule has 1 N–H and O–H groups in total. The molecule has 1 aliphatic rings. The third-order valence-corrected chi connectivity index (χ3v) is 6.47. The fourth-order valence-electron chi connectivity index (χ4n) is 3.12. The van der Waals surface area contributed by atoms with Crippen molar-refractivity contribution < 1.29 is 4.79 Å². The van der Waals surface area contributed by atoms with Crippen molar-refractivity contribution in [2.24, 2.45) is 0 Å². The molecule has 2 heterocycles. The molecule has 138 valence electrons. The molecule has 0 saturated heterocycles. The van der Waals surface area contributed by atoms with Crippen molar-refractivity contribution in [3.05, 3.63) is 77.0 Å². The van der Waals surface area contributed by atoms with Crippen LogP contribution in [0.4, 0.5) is 5.82 Å². The number of rotatable bonds is 6. The van der Waals surface area contributed by atoms with E-state index in [2.05, 4.69) is 30.4 Å². The second-order valence-electron chi connectivity index (χ2n) is 6.49. The molecule has 0 radical (unpaired) electrons. The lowest BCUT2D eigenvalue weighted by Crippen LogP contribution is -2.18. The maximum atomic E-state index is 12.6. The molecule has 0 fully saturated rings. The molecular formula is C21H21N3OS2. The van der Waals surface area contributed by atoms with Gasteiger partial charge in [0.25, 0.3) is 0 Å². The zero-order chi connectivity index (χ0) is 18.6. The smallest absolute Gasteiger partial charge is 0.235 e. The van der Waals surface area contributed by atoms with Crippen molar-refractivity contribution in [3.8, 4) is 5.69 Å². The molecule has 4 rings (SSSR count). The average molecular weight is 396 g/mol. The van der Waals surface area contributed by atoms with Gasteiger partial charge in [-0.2, -0.15) is 16.9 Å². The molecule has 6 heteroatoms. The van der Waals surface area contributed by atoms with E-state index in [1.54, 1.807) is 11.8 Å². The zero-order valence-corrected chi connectivity index (χ0v) is 16.8. The number of hydrogen-bond acceptors (Lipinski definition) is 4. The maximum absolute atomic E-state index is 12.6. The first-order valence-corrected chi connectivity index (χ1v) is 11.2. The predicted molar refractivity (Wildman–Crippen MR) is 115 cm³/mol. The van der Waals surface area contributed by atoms with Gasteiger partial charge in [-0.3, -0.25) is 4.79 Å². The first-order valence-electron chi connectivity index (χ1n) is 8.88. The number of para-hydroxylation sites is 1. The van der Waals surface area contributed by atoms with Crippen molar-refractivity contribution in [2.75, 3.05) is 11.1 Å². The van der Waals surface area contributed by atoms with Crippen molar-refractivity contribution in [1.82, 2.24) is 9.78 Å². The SMILES string of the molecule is Cc1ccccc1-n1nc2c(c1NC(=O)CSCc1ccccc1)CSC2. The molecular weight excluding hydrogens is 374 g/mol. The van der Waals surface area contributed by atoms with Gasteiger partial charge >= 0.3 is 0 Å². The topological polar surface area (TPSA) is 46.9 Å². The van der Waals surface area contributed by atoms with Gasteiger partial charge in [0.1, 0.15) is 5.82 Å². The third kappa shape index (κ3) is 4.06. The summed E-state index contributed by atoms with van der Waals surface area (Å²) in [6.07, 6.45) is 0. The summed E-state index contributed by atoms with van der Waals surface area (Å²) in [6.45, 7) is 2.07. The van der Waals surface area contributed by atoms with Gasteiger partial charge < -0.3 is 5.32 Å². The molecule has 1 aromatic heterocycles. The second kappa shape index (κ2) is 8.23. The molecule has 0 atom stereocenters. The van der Waals surface area contributed by atoms with Gasteiger partial charge in [-0.05, 0) is 24.1 Å². The Hall–Kier alpha value is -2.18. The maximum Gasteiger partial charge on any atom is 0.235 e. The number of aryl methyl sites for hydroxylation is 1. The third-order valence-electron chi connectivity index (χ3n) is 4.50. The van der Waals surface area contributed by atoms with Gasteiger partial charge in [-0.1, -0.05) is 48.5 Å². The lowest BCUT2D eigenvalue weighted by molar-refractivity contribution is -0.113. The Morgan fingerprint density at radius 1 is 1.15 bits per heavy atom. The molecule has 2 aromatic carbocycles. The Morgan fingerprint density at radius 2 is 1.93 bits per heavy atom. The highest BCUT2D eigenvalue weighted by molar-refractivity contribution is 7.99. The molecule has 0 aliphatic carbocycles. The van der Waals surface area contributed by atoms with E-state index in [1.807, 2.05) is 52.8 Å². The van der Waals surface area contributed by atoms with Crippen LogP contribution in [0.15, 0.2) is 54.6 Å². The first-order chi connectivity index (χ1) is 13.2. The number of fused-ring (bicyclic) bond motifs is 1. The van der Waals surface area contributed by atoms with E-state index in [0.29, 0.717) is 5.75 Å². The standard InChI is InChI=1S/C21H21N3OS2/c1-15-7-5-6-10-19(15)24-21(17-12-27-13-18(17)23-24)22-20(25)14-26-11-16-8-3-2-4-9-16/h2-10H,11-14H2,1H3,(H,22,25). The quantitative estimate of drug-likeness (QED) is 0.651. The van der Waals surface area contributed by atoms with Crippen LogP contribution < -0.4 is 5.32 Å². The number of benzene rings is 2. The van der Waals surface area contributed by atoms with Gasteiger partial charge in [0.05, 0.1) is 17.1 Å². The van der Waals surface area contributed by atoms with Crippen LogP contribution in [0.25, 0.3) is 5.69 Å². The predicted octanol–water partition coefficient (Wildman–Crippen LogP) is 4.80. The van der Waals surface area contributed by atoms with Crippen LogP contribution in [-0.4, -0.2) is 21.4 Å². The molecule has 0 unspecified atom stereocenters. The second-order valence-corrected chi connectivity index (χ2v) is 8.46. The van der Waals surface area contributed by atoms with Gasteiger partial charge in [0.15, 0.2) is 0 Å². The molecule has 0 saturated carbocycles. The number of carbonyl (C=O) groups excluding carboxylic acids is 1. The molecule has 27 heavy (non-hydrogen) atoms. The normalized spacial score (nSPS) is 12.8. The van der Waals surface area contributed by atoms with Crippen molar-refractivity contribution in [3.63, 3.8) is 0 Å². The summed E-state index contributed by atoms with van der Waals surface area (Å²) in [5.74, 6) is 3.91. The van der Waals surface area contributed by atoms with Crippen molar-refractivity contribution in [2.45, 2.75) is 24.2 Å². The fourth-order valence-corrected chi connectivity index (χ4v) is 4.94. The van der Waals surface area contributed by atoms with Crippen LogP contribution in [0.1, 0.15) is 22.4 Å². The highest BCUT2D eigenvalue weighted by Gasteiger charge is 2.25. The van der Waals surface area contributed by atoms with Crippen LogP contribution in [0.3, 0.4) is 0 Å². The molecule has 0 spiro atoms. The van der Waals surface area contributed by atoms with Crippen LogP contribution >= 0.6 is 23.5 Å². The Bertz CT molecular complexity index is 953. The Labute approximate surface area is 167 Å². The largest absolute Gasteiger partial charge is 0.310 e. The average Bonchev–Trinajstić information content (AvgIpc) is 3.26. The highest BCUT2D eigenvalue weighted by atomic mass is 32.2. The highest BCUT2D eigenvalue weighted by Crippen LogP contribution is 2.36. The van der Waals surface area contributed by atoms with Gasteiger partial charge in [0.2, 0.25) is 5.91 Å². The number of aromatic nitrogens is 2. The number of carbonyl (C=O) groups is 1. The lowest BCUT2D eigenvalue weighted by Gasteiger charge is -2.13. The summed E-state index contributed by atoms with van der Waals surface area (Å²) in [7, 11) is 0. The van der Waals surface area contributed by atoms with Gasteiger partial charge in [0, 0.05) is 22.8 Å². The number of hydrogen-bond donors (Lipinski definition) is 1. The first kappa shape index (κ1) is 18.2. The fraction of sp³-hybridized carbons (Fsp3) is 0.238. The van der Waals surface area contributed by atoms with E-state index in [4.69, 9.17) is 5.10 Å². The monoisotopic (exact) mass is 395 g/mol. The number of nitrogens with one attached hydrogen (secondary N) is 1. The van der Waals surface area contributed by atoms with E-state index in [1.165, 1.54) is 5.56 Å². The van der Waals surface area contributed by atoms with Gasteiger partial charge in [-0.25, -0.2) is 4.68 Å². The van der Waals surface area contributed by atoms with E-state index in [-0.39, 0.29) is 5.91 Å². The summed E-state index contributed by atoms with van der Waals surface area (Å²) >= 11 is 3.47. The Morgan fingerprint density at radius 3 is 2.74 bits per heavy atom. The minimum atomic E-state index is 0.0189. The molecule has 4 nitrogen and oxygen atoms in total. The molecule has 3 aromatic rings. The summed E-state index contributed by atoms with van der Waals surface area (Å²) < 4.78 is 1.90. The summed E-state index contributed by atoms with van der Waals surface area (Å²) in [4.78, 5) is 12.6. The van der Waals surface area contributed by atoms with Crippen LogP contribution in [-0.2, 0) is 22.1 Å². The summed E-state index contributed by atoms with van der Waals surface area (Å²) in [5, 5.41) is 7.91. The number of thioether (sulfide) groups is 2. The minimum Gasteiger partial charge on any atom is -0.310 e. The minimum absolute atomic E-state index is 0.0189. The van der Waals surface area contributed by atoms with E-state index < -0.39 is 0 Å². The number of anilines is 1. The summed E-state index contributed by atoms with van der Waals surface area (Å²) in [6, 6.07) is 18.4. The summed E-state index contributed by atoms with van der Waals surface area (Å²) in [5.41, 5.74) is 5.63.